The third-order valence-electron chi connectivity index (χ3n) is 2.56. The van der Waals surface area contributed by atoms with Gasteiger partial charge in [-0.3, -0.25) is 0 Å². The molecule has 0 aliphatic heterocycles. The molecule has 148 valence electrons. The normalized spacial score (nSPS) is 11.1. The minimum absolute atomic E-state index is 0.200. The quantitative estimate of drug-likeness (QED) is 0.178. The Bertz CT molecular complexity index is 793. The summed E-state index contributed by atoms with van der Waals surface area (Å²) in [7, 11) is 0. The first-order valence-corrected chi connectivity index (χ1v) is 8.05. The van der Waals surface area contributed by atoms with E-state index in [0.29, 0.717) is 12.3 Å². The molecule has 0 amide bonds. The number of rotatable bonds is 4. The van der Waals surface area contributed by atoms with Gasteiger partial charge in [0, 0.05) is 0 Å². The van der Waals surface area contributed by atoms with Crippen LogP contribution < -0.4 is 10.4 Å². The molecule has 0 saturated carbocycles. The van der Waals surface area contributed by atoms with Crippen molar-refractivity contribution in [2.45, 2.75) is 6.18 Å². The Morgan fingerprint density at radius 3 is 2.44 bits per heavy atom. The van der Waals surface area contributed by atoms with Gasteiger partial charge in [0.15, 0.2) is 0 Å². The van der Waals surface area contributed by atoms with Crippen LogP contribution in [0.5, 0.6) is 0 Å². The molecular weight excluding hydrogens is 476 g/mol. The molecule has 0 fully saturated rings. The largest absolute Gasteiger partial charge is 0.199 e. The predicted molar refractivity (Wildman–Crippen MR) is 90.2 cm³/mol. The second-order valence-corrected chi connectivity index (χ2v) is 5.71. The Morgan fingerprint density at radius 1 is 1.30 bits per heavy atom. The molecular formula is C16H11BrF3N4NiO2-3. The zero-order valence-corrected chi connectivity index (χ0v) is 15.9. The zero-order chi connectivity index (χ0) is 20.4. The van der Waals surface area contributed by atoms with Gasteiger partial charge in [0.25, 0.3) is 0 Å². The standard InChI is InChI=1S/C9H6F3N4O2.C7H6Br.Ni/c1-5(18-13)15-8(17)16-7-2-6(3-14-4-7)9(10,11)12;1-6-2-4-7(8)5-3-6;/h1-4H,(H2,15,16,17);2-5H,1H2;/q2*-1;/p-1. The number of amidine groups is 1. The van der Waals surface area contributed by atoms with Crippen molar-refractivity contribution in [3.8, 4) is 0 Å². The Labute approximate surface area is 169 Å². The summed E-state index contributed by atoms with van der Waals surface area (Å²) in [6.45, 7) is 8.80. The molecule has 2 aromatic rings. The molecule has 1 heterocycles. The summed E-state index contributed by atoms with van der Waals surface area (Å²) in [5, 5.41) is 13.2. The number of aliphatic imine (C=N–C) groups is 1. The van der Waals surface area contributed by atoms with E-state index in [4.69, 9.17) is 6.58 Å². The van der Waals surface area contributed by atoms with Crippen molar-refractivity contribution in [2.24, 2.45) is 9.18 Å². The van der Waals surface area contributed by atoms with Gasteiger partial charge in [-0.15, -0.1) is 12.1 Å². The number of pyridine rings is 1. The SMILES string of the molecule is [CH-]=C(/N=C(\[O-])Nc1cncc(C(F)(F)F)c1)O[N]=[Ni].[CH2-]c1ccc(Br)cc1. The van der Waals surface area contributed by atoms with E-state index >= 15 is 0 Å². The number of halogens is 4. The van der Waals surface area contributed by atoms with Crippen LogP contribution in [-0.2, 0) is 26.3 Å². The first kappa shape index (κ1) is 22.7. The van der Waals surface area contributed by atoms with Crippen LogP contribution in [0.4, 0.5) is 18.9 Å². The molecule has 0 unspecified atom stereocenters. The fourth-order valence-electron chi connectivity index (χ4n) is 1.45. The van der Waals surface area contributed by atoms with Crippen LogP contribution in [0.1, 0.15) is 11.1 Å². The van der Waals surface area contributed by atoms with Crippen molar-refractivity contribution in [2.75, 3.05) is 5.32 Å². The second kappa shape index (κ2) is 10.7. The van der Waals surface area contributed by atoms with Crippen LogP contribution >= 0.6 is 15.9 Å². The molecule has 0 bridgehead atoms. The van der Waals surface area contributed by atoms with Gasteiger partial charge in [-0.05, 0) is 4.47 Å². The first-order valence-electron chi connectivity index (χ1n) is 6.82. The predicted octanol–water partition coefficient (Wildman–Crippen LogP) is 3.80. The van der Waals surface area contributed by atoms with Crippen LogP contribution in [0, 0.1) is 13.5 Å². The zero-order valence-electron chi connectivity index (χ0n) is 13.3. The summed E-state index contributed by atoms with van der Waals surface area (Å²) in [5.41, 5.74) is -0.163. The van der Waals surface area contributed by atoms with E-state index in [2.05, 4.69) is 57.1 Å². The Kier molecular flexibility index (Phi) is 8.97. The smallest absolute Gasteiger partial charge is 0.00667 e. The van der Waals surface area contributed by atoms with E-state index in [1.807, 2.05) is 29.6 Å². The van der Waals surface area contributed by atoms with Gasteiger partial charge in [0.2, 0.25) is 0 Å². The van der Waals surface area contributed by atoms with Crippen LogP contribution in [0.2, 0.25) is 0 Å². The van der Waals surface area contributed by atoms with Gasteiger partial charge in [0.1, 0.15) is 0 Å². The summed E-state index contributed by atoms with van der Waals surface area (Å²) in [4.78, 5) is 10.6. The van der Waals surface area contributed by atoms with Crippen LogP contribution in [0.15, 0.2) is 62.3 Å². The van der Waals surface area contributed by atoms with Crippen molar-refractivity contribution in [3.05, 3.63) is 77.7 Å². The fourth-order valence-corrected chi connectivity index (χ4v) is 1.81. The molecule has 0 spiro atoms. The number of nitrogens with zero attached hydrogens (tertiary/aromatic N) is 3. The van der Waals surface area contributed by atoms with Gasteiger partial charge >= 0.3 is 112 Å². The number of benzene rings is 1. The molecule has 0 radical (unpaired) electrons. The summed E-state index contributed by atoms with van der Waals surface area (Å²) >= 11 is 7.08. The van der Waals surface area contributed by atoms with E-state index in [9.17, 15) is 18.3 Å². The molecule has 0 atom stereocenters. The van der Waals surface area contributed by atoms with E-state index in [1.54, 1.807) is 0 Å². The molecule has 1 aromatic carbocycles. The second-order valence-electron chi connectivity index (χ2n) is 4.62. The van der Waals surface area contributed by atoms with Crippen molar-refractivity contribution in [1.29, 1.82) is 0 Å². The monoisotopic (exact) mass is 485 g/mol. The first-order chi connectivity index (χ1) is 12.6. The van der Waals surface area contributed by atoms with Crippen molar-refractivity contribution < 1.29 is 38.4 Å². The minimum atomic E-state index is -4.57. The maximum Gasteiger partial charge on any atom is -0.00667 e. The average Bonchev–Trinajstić information content (AvgIpc) is 2.57. The molecule has 11 heteroatoms. The maximum atomic E-state index is 12.4. The summed E-state index contributed by atoms with van der Waals surface area (Å²) < 4.78 is 41.0. The molecule has 27 heavy (non-hydrogen) atoms. The minimum Gasteiger partial charge on any atom is -0.199 e. The third kappa shape index (κ3) is 9.21. The molecule has 6 nitrogen and oxygen atoms in total. The molecule has 2 rings (SSSR count). The maximum absolute atomic E-state index is 12.4. The Balaban J connectivity index is 0.000000377. The van der Waals surface area contributed by atoms with Gasteiger partial charge in [-0.2, -0.15) is 24.6 Å². The molecule has 0 aliphatic rings. The third-order valence-corrected chi connectivity index (χ3v) is 3.18. The molecule has 0 aliphatic carbocycles. The van der Waals surface area contributed by atoms with E-state index in [-0.39, 0.29) is 5.69 Å². The van der Waals surface area contributed by atoms with Crippen LogP contribution in [0.3, 0.4) is 0 Å². The fraction of sp³-hybridized carbons (Fsp3) is 0.0625. The van der Waals surface area contributed by atoms with E-state index in [0.717, 1.165) is 16.2 Å². The number of hydrogen-bond donors (Lipinski definition) is 1. The Morgan fingerprint density at radius 2 is 1.93 bits per heavy atom. The van der Waals surface area contributed by atoms with Crippen molar-refractivity contribution >= 4 is 27.6 Å². The Hall–Kier alpha value is -2.39. The van der Waals surface area contributed by atoms with Crippen LogP contribution in [-0.4, -0.2) is 11.0 Å². The summed E-state index contributed by atoms with van der Waals surface area (Å²) in [6.07, 6.45) is -2.94. The van der Waals surface area contributed by atoms with Gasteiger partial charge in [-0.1, -0.05) is 15.9 Å². The van der Waals surface area contributed by atoms with Crippen molar-refractivity contribution in [1.82, 2.24) is 4.98 Å². The van der Waals surface area contributed by atoms with Crippen LogP contribution in [0.25, 0.3) is 0 Å². The van der Waals surface area contributed by atoms with Crippen molar-refractivity contribution in [3.63, 3.8) is 0 Å². The summed E-state index contributed by atoms with van der Waals surface area (Å²) in [5.74, 6) is -0.635. The topological polar surface area (TPSA) is 81.9 Å². The number of alkyl halides is 3. The molecule has 1 N–H and O–H groups in total. The van der Waals surface area contributed by atoms with E-state index < -0.39 is 23.6 Å². The number of aromatic nitrogens is 1. The van der Waals surface area contributed by atoms with Gasteiger partial charge in [0.05, 0.1) is 0 Å². The molecule has 1 aromatic heterocycles. The number of nitrogens with one attached hydrogen (secondary N) is 1. The number of hydrogen-bond acceptors (Lipinski definition) is 5. The number of anilines is 1. The summed E-state index contributed by atoms with van der Waals surface area (Å²) in [6, 6.07) is 7.51. The van der Waals surface area contributed by atoms with Gasteiger partial charge < -0.3 is 0 Å². The van der Waals surface area contributed by atoms with E-state index in [1.165, 1.54) is 0 Å². The molecule has 0 saturated heterocycles. The average molecular weight is 487 g/mol. The van der Waals surface area contributed by atoms with Gasteiger partial charge in [-0.25, -0.2) is 0 Å².